The number of hydrogen-bond acceptors (Lipinski definition) is 4. The van der Waals surface area contributed by atoms with Crippen LogP contribution >= 0.6 is 0 Å². The third kappa shape index (κ3) is 3.85. The first kappa shape index (κ1) is 16.3. The highest BCUT2D eigenvalue weighted by molar-refractivity contribution is 5.95. The van der Waals surface area contributed by atoms with Crippen molar-refractivity contribution in [3.63, 3.8) is 0 Å². The van der Waals surface area contributed by atoms with E-state index in [1.165, 1.54) is 12.8 Å². The second-order valence-electron chi connectivity index (χ2n) is 6.25. The molecule has 2 N–H and O–H groups in total. The van der Waals surface area contributed by atoms with Crippen molar-refractivity contribution in [3.05, 3.63) is 47.8 Å². The normalized spacial score (nSPS) is 14.4. The lowest BCUT2D eigenvalue weighted by atomic mass is 10.2. The van der Waals surface area contributed by atoms with E-state index in [-0.39, 0.29) is 5.91 Å². The highest BCUT2D eigenvalue weighted by Gasteiger charge is 2.18. The van der Waals surface area contributed by atoms with E-state index in [9.17, 15) is 4.79 Å². The van der Waals surface area contributed by atoms with Gasteiger partial charge in [0.15, 0.2) is 0 Å². The summed E-state index contributed by atoms with van der Waals surface area (Å²) in [6.45, 7) is 2.02. The minimum atomic E-state index is -0.0609. The molecule has 1 amide bonds. The molecule has 5 nitrogen and oxygen atoms in total. The molecule has 0 saturated heterocycles. The van der Waals surface area contributed by atoms with Crippen LogP contribution in [0.4, 0.5) is 11.4 Å². The number of rotatable bonds is 5. The number of anilines is 2. The van der Waals surface area contributed by atoms with Crippen LogP contribution < -0.4 is 15.4 Å². The summed E-state index contributed by atoms with van der Waals surface area (Å²) in [5.74, 6) is 0.690. The molecule has 126 valence electrons. The first-order chi connectivity index (χ1) is 11.7. The van der Waals surface area contributed by atoms with Gasteiger partial charge in [0, 0.05) is 12.2 Å². The maximum absolute atomic E-state index is 12.4. The molecule has 0 bridgehead atoms. The average Bonchev–Trinajstić information content (AvgIpc) is 3.08. The average molecular weight is 325 g/mol. The van der Waals surface area contributed by atoms with Gasteiger partial charge in [0.2, 0.25) is 0 Å². The number of nitrogens with zero attached hydrogens (tertiary/aromatic N) is 1. The molecule has 1 aliphatic rings. The van der Waals surface area contributed by atoms with Crippen molar-refractivity contribution >= 4 is 17.3 Å². The van der Waals surface area contributed by atoms with Crippen LogP contribution in [-0.4, -0.2) is 24.0 Å². The summed E-state index contributed by atoms with van der Waals surface area (Å²) in [5, 5.41) is 6.37. The van der Waals surface area contributed by atoms with Crippen LogP contribution in [0.15, 0.2) is 36.7 Å². The second kappa shape index (κ2) is 7.34. The summed E-state index contributed by atoms with van der Waals surface area (Å²) in [6, 6.07) is 8.03. The number of carbonyl (C=O) groups excluding carboxylic acids is 1. The summed E-state index contributed by atoms with van der Waals surface area (Å²) in [5.41, 5.74) is 3.31. The van der Waals surface area contributed by atoms with Crippen LogP contribution in [0.2, 0.25) is 0 Å². The van der Waals surface area contributed by atoms with Crippen molar-refractivity contribution in [2.45, 2.75) is 38.6 Å². The number of carbonyl (C=O) groups is 1. The molecule has 1 aromatic carbocycles. The number of ether oxygens (including phenoxy) is 1. The van der Waals surface area contributed by atoms with Gasteiger partial charge in [-0.15, -0.1) is 0 Å². The minimum Gasteiger partial charge on any atom is -0.495 e. The molecule has 1 aromatic heterocycles. The molecule has 0 aliphatic heterocycles. The first-order valence-corrected chi connectivity index (χ1v) is 8.33. The van der Waals surface area contributed by atoms with Crippen LogP contribution in [0, 0.1) is 6.92 Å². The Kier molecular flexibility index (Phi) is 4.99. The fourth-order valence-electron chi connectivity index (χ4n) is 3.05. The van der Waals surface area contributed by atoms with Gasteiger partial charge < -0.3 is 15.4 Å². The summed E-state index contributed by atoms with van der Waals surface area (Å²) in [7, 11) is 1.64. The summed E-state index contributed by atoms with van der Waals surface area (Å²) in [6.07, 6.45) is 7.82. The maximum Gasteiger partial charge on any atom is 0.253 e. The van der Waals surface area contributed by atoms with Gasteiger partial charge in [0.25, 0.3) is 5.91 Å². The molecule has 0 unspecified atom stereocenters. The zero-order valence-corrected chi connectivity index (χ0v) is 14.1. The number of nitrogens with one attached hydrogen (secondary N) is 2. The smallest absolute Gasteiger partial charge is 0.253 e. The fraction of sp³-hybridized carbons (Fsp3) is 0.368. The van der Waals surface area contributed by atoms with Crippen LogP contribution in [-0.2, 0) is 0 Å². The Morgan fingerprint density at radius 1 is 1.21 bits per heavy atom. The van der Waals surface area contributed by atoms with Crippen molar-refractivity contribution in [2.24, 2.45) is 0 Å². The molecule has 1 heterocycles. The van der Waals surface area contributed by atoms with E-state index in [1.807, 2.05) is 31.2 Å². The highest BCUT2D eigenvalue weighted by atomic mass is 16.5. The molecule has 1 saturated carbocycles. The highest BCUT2D eigenvalue weighted by Crippen LogP contribution is 2.28. The number of methoxy groups -OCH3 is 1. The Bertz CT molecular complexity index is 724. The largest absolute Gasteiger partial charge is 0.495 e. The Labute approximate surface area is 142 Å². The number of aryl methyl sites for hydroxylation is 1. The Morgan fingerprint density at radius 2 is 2.00 bits per heavy atom. The van der Waals surface area contributed by atoms with E-state index in [2.05, 4.69) is 15.6 Å². The molecular weight excluding hydrogens is 302 g/mol. The molecular formula is C19H23N3O2. The minimum absolute atomic E-state index is 0.0609. The van der Waals surface area contributed by atoms with E-state index in [0.717, 1.165) is 35.5 Å². The standard InChI is InChI=1S/C19H23N3O2/c1-13-7-8-18(24-2)17(9-13)21-16-10-14(11-20-12-16)19(23)22-15-5-3-4-6-15/h7-12,15,21H,3-6H2,1-2H3,(H,22,23). The number of pyridine rings is 1. The monoisotopic (exact) mass is 325 g/mol. The SMILES string of the molecule is COc1ccc(C)cc1Nc1cncc(C(=O)NC2CCCC2)c1. The predicted molar refractivity (Wildman–Crippen MR) is 95.0 cm³/mol. The van der Waals surface area contributed by atoms with Crippen molar-refractivity contribution in [1.82, 2.24) is 10.3 Å². The molecule has 3 rings (SSSR count). The van der Waals surface area contributed by atoms with E-state index in [4.69, 9.17) is 4.74 Å². The predicted octanol–water partition coefficient (Wildman–Crippen LogP) is 3.81. The molecule has 0 spiro atoms. The van der Waals surface area contributed by atoms with E-state index >= 15 is 0 Å². The molecule has 2 aromatic rings. The topological polar surface area (TPSA) is 63.2 Å². The van der Waals surface area contributed by atoms with Gasteiger partial charge in [-0.1, -0.05) is 18.9 Å². The molecule has 5 heteroatoms. The van der Waals surface area contributed by atoms with Gasteiger partial charge in [-0.05, 0) is 43.5 Å². The van der Waals surface area contributed by atoms with E-state index < -0.39 is 0 Å². The van der Waals surface area contributed by atoms with Crippen LogP contribution in [0.25, 0.3) is 0 Å². The number of amides is 1. The molecule has 1 aliphatic carbocycles. The first-order valence-electron chi connectivity index (χ1n) is 8.33. The zero-order chi connectivity index (χ0) is 16.9. The number of hydrogen-bond donors (Lipinski definition) is 2. The molecule has 24 heavy (non-hydrogen) atoms. The van der Waals surface area contributed by atoms with Gasteiger partial charge in [-0.2, -0.15) is 0 Å². The number of benzene rings is 1. The third-order valence-electron chi connectivity index (χ3n) is 4.32. The lowest BCUT2D eigenvalue weighted by molar-refractivity contribution is 0.0937. The number of aromatic nitrogens is 1. The third-order valence-corrected chi connectivity index (χ3v) is 4.32. The second-order valence-corrected chi connectivity index (χ2v) is 6.25. The van der Waals surface area contributed by atoms with E-state index in [0.29, 0.717) is 11.6 Å². The summed E-state index contributed by atoms with van der Waals surface area (Å²) >= 11 is 0. The molecule has 1 fully saturated rings. The van der Waals surface area contributed by atoms with Crippen LogP contribution in [0.5, 0.6) is 5.75 Å². The zero-order valence-electron chi connectivity index (χ0n) is 14.1. The van der Waals surface area contributed by atoms with Crippen molar-refractivity contribution in [1.29, 1.82) is 0 Å². The Morgan fingerprint density at radius 3 is 2.75 bits per heavy atom. The van der Waals surface area contributed by atoms with Crippen LogP contribution in [0.1, 0.15) is 41.6 Å². The van der Waals surface area contributed by atoms with Crippen LogP contribution in [0.3, 0.4) is 0 Å². The Hall–Kier alpha value is -2.56. The quantitative estimate of drug-likeness (QED) is 0.877. The van der Waals surface area contributed by atoms with Crippen molar-refractivity contribution < 1.29 is 9.53 Å². The van der Waals surface area contributed by atoms with Gasteiger partial charge in [0.05, 0.1) is 30.2 Å². The molecule has 0 atom stereocenters. The van der Waals surface area contributed by atoms with Gasteiger partial charge in [0.1, 0.15) is 5.75 Å². The lowest BCUT2D eigenvalue weighted by Crippen LogP contribution is -2.32. The van der Waals surface area contributed by atoms with Gasteiger partial charge in [-0.25, -0.2) is 0 Å². The summed E-state index contributed by atoms with van der Waals surface area (Å²) < 4.78 is 5.38. The van der Waals surface area contributed by atoms with Crippen molar-refractivity contribution in [3.8, 4) is 5.75 Å². The van der Waals surface area contributed by atoms with Gasteiger partial charge in [-0.3, -0.25) is 9.78 Å². The lowest BCUT2D eigenvalue weighted by Gasteiger charge is -2.14. The maximum atomic E-state index is 12.4. The Balaban J connectivity index is 1.75. The van der Waals surface area contributed by atoms with E-state index in [1.54, 1.807) is 19.5 Å². The van der Waals surface area contributed by atoms with Crippen molar-refractivity contribution in [2.75, 3.05) is 12.4 Å². The van der Waals surface area contributed by atoms with Gasteiger partial charge >= 0.3 is 0 Å². The molecule has 0 radical (unpaired) electrons. The fourth-order valence-corrected chi connectivity index (χ4v) is 3.05. The summed E-state index contributed by atoms with van der Waals surface area (Å²) in [4.78, 5) is 16.6.